The fourth-order valence-electron chi connectivity index (χ4n) is 4.24. The molecule has 1 aliphatic rings. The third kappa shape index (κ3) is 6.47. The van der Waals surface area contributed by atoms with Crippen LogP contribution in [0.1, 0.15) is 44.9 Å². The van der Waals surface area contributed by atoms with Gasteiger partial charge < -0.3 is 14.2 Å². The predicted octanol–water partition coefficient (Wildman–Crippen LogP) is 5.83. The molecule has 0 N–H and O–H groups in total. The number of hydrogen-bond donors (Lipinski definition) is 0. The Hall–Kier alpha value is -3.28. The van der Waals surface area contributed by atoms with Gasteiger partial charge in [0.25, 0.3) is 5.56 Å². The zero-order valence-corrected chi connectivity index (χ0v) is 24.7. The van der Waals surface area contributed by atoms with Crippen molar-refractivity contribution >= 4 is 46.6 Å². The summed E-state index contributed by atoms with van der Waals surface area (Å²) in [6.07, 6.45) is -3.73. The number of benzene rings is 2. The molecule has 218 valence electrons. The molecule has 0 radical (unpaired) electrons. The van der Waals surface area contributed by atoms with E-state index in [0.29, 0.717) is 28.7 Å². The molecule has 3 aromatic rings. The van der Waals surface area contributed by atoms with Crippen molar-refractivity contribution in [1.29, 1.82) is 0 Å². The van der Waals surface area contributed by atoms with E-state index in [1.165, 1.54) is 37.3 Å². The van der Waals surface area contributed by atoms with E-state index in [1.807, 2.05) is 13.8 Å². The monoisotopic (exact) mass is 628 g/mol. The smallest absolute Gasteiger partial charge is 0.434 e. The van der Waals surface area contributed by atoms with E-state index < -0.39 is 35.0 Å². The van der Waals surface area contributed by atoms with Crippen LogP contribution in [0, 0.1) is 0 Å². The Bertz CT molecular complexity index is 1680. The van der Waals surface area contributed by atoms with Crippen LogP contribution >= 0.6 is 34.5 Å². The number of fused-ring (bicyclic) bond motifs is 1. The van der Waals surface area contributed by atoms with E-state index in [0.717, 1.165) is 15.9 Å². The Kier molecular flexibility index (Phi) is 9.20. The van der Waals surface area contributed by atoms with Gasteiger partial charge in [-0.05, 0) is 69.2 Å². The van der Waals surface area contributed by atoms with Crippen LogP contribution in [-0.4, -0.2) is 36.0 Å². The van der Waals surface area contributed by atoms with Gasteiger partial charge in [-0.3, -0.25) is 9.36 Å². The summed E-state index contributed by atoms with van der Waals surface area (Å²) < 4.78 is 60.4. The van der Waals surface area contributed by atoms with Gasteiger partial charge in [0.2, 0.25) is 0 Å². The van der Waals surface area contributed by atoms with E-state index in [1.54, 1.807) is 19.1 Å². The van der Waals surface area contributed by atoms with Crippen molar-refractivity contribution in [1.82, 2.24) is 4.57 Å². The maximum atomic E-state index is 14.3. The molecule has 0 spiro atoms. The number of aromatic nitrogens is 1. The second kappa shape index (κ2) is 12.3. The van der Waals surface area contributed by atoms with Crippen molar-refractivity contribution < 1.29 is 32.2 Å². The van der Waals surface area contributed by atoms with Gasteiger partial charge in [-0.2, -0.15) is 13.2 Å². The topological polar surface area (TPSA) is 79.1 Å². The van der Waals surface area contributed by atoms with Gasteiger partial charge >= 0.3 is 12.1 Å². The van der Waals surface area contributed by atoms with Crippen LogP contribution in [0.15, 0.2) is 57.5 Å². The van der Waals surface area contributed by atoms with Crippen molar-refractivity contribution in [2.75, 3.05) is 13.2 Å². The van der Waals surface area contributed by atoms with Crippen LogP contribution in [0.25, 0.3) is 6.08 Å². The Morgan fingerprint density at radius 3 is 2.41 bits per heavy atom. The molecule has 0 amide bonds. The molecule has 4 rings (SSSR count). The Morgan fingerprint density at radius 2 is 1.83 bits per heavy atom. The molecular formula is C28H25Cl2F3N2O5S. The summed E-state index contributed by atoms with van der Waals surface area (Å²) in [7, 11) is 0. The standard InChI is InChI=1S/C28H25Cl2F3N2O5S/c1-5-38-19-12-15(11-18(30)23(19)40-14(3)4)13-20-25(36)35-22(16-7-9-17(29)10-8-16)21(26(37)39-6-2)24(28(31,32)33)34-27(35)41-20/h7-14,22H,5-6H2,1-4H3/b20-13-/t22-/m1/s1. The van der Waals surface area contributed by atoms with E-state index in [4.69, 9.17) is 37.4 Å². The minimum Gasteiger partial charge on any atom is -0.490 e. The van der Waals surface area contributed by atoms with Crippen LogP contribution in [0.4, 0.5) is 13.2 Å². The Morgan fingerprint density at radius 1 is 1.15 bits per heavy atom. The van der Waals surface area contributed by atoms with Crippen molar-refractivity contribution in [3.05, 3.63) is 88.5 Å². The molecule has 0 saturated carbocycles. The first kappa shape index (κ1) is 30.7. The van der Waals surface area contributed by atoms with E-state index in [9.17, 15) is 22.8 Å². The van der Waals surface area contributed by atoms with Gasteiger partial charge in [0, 0.05) is 5.02 Å². The molecule has 7 nitrogen and oxygen atoms in total. The summed E-state index contributed by atoms with van der Waals surface area (Å²) in [4.78, 5) is 30.2. The largest absolute Gasteiger partial charge is 0.490 e. The molecule has 0 saturated heterocycles. The average molecular weight is 629 g/mol. The lowest BCUT2D eigenvalue weighted by atomic mass is 9.95. The average Bonchev–Trinajstić information content (AvgIpc) is 3.20. The highest BCUT2D eigenvalue weighted by Crippen LogP contribution is 2.39. The van der Waals surface area contributed by atoms with Crippen LogP contribution < -0.4 is 24.4 Å². The molecule has 13 heteroatoms. The second-order valence-corrected chi connectivity index (χ2v) is 10.9. The molecule has 0 bridgehead atoms. The first-order valence-corrected chi connectivity index (χ1v) is 14.1. The number of halogens is 5. The summed E-state index contributed by atoms with van der Waals surface area (Å²) in [5.74, 6) is -0.554. The number of esters is 1. The first-order valence-electron chi connectivity index (χ1n) is 12.5. The van der Waals surface area contributed by atoms with Gasteiger partial charge in [0.15, 0.2) is 22.0 Å². The number of hydrogen-bond acceptors (Lipinski definition) is 7. The second-order valence-electron chi connectivity index (χ2n) is 9.04. The molecule has 0 unspecified atom stereocenters. The third-order valence-electron chi connectivity index (χ3n) is 5.76. The van der Waals surface area contributed by atoms with Crippen LogP contribution in [0.2, 0.25) is 10.0 Å². The number of rotatable bonds is 8. The van der Waals surface area contributed by atoms with Crippen LogP contribution in [0.5, 0.6) is 11.5 Å². The molecule has 2 heterocycles. The van der Waals surface area contributed by atoms with Crippen LogP contribution in [-0.2, 0) is 9.53 Å². The number of thiazole rings is 1. The number of allylic oxidation sites excluding steroid dienone is 1. The number of nitrogens with zero attached hydrogens (tertiary/aromatic N) is 2. The summed E-state index contributed by atoms with van der Waals surface area (Å²) in [6, 6.07) is 7.52. The van der Waals surface area contributed by atoms with Crippen molar-refractivity contribution in [2.45, 2.75) is 46.0 Å². The first-order chi connectivity index (χ1) is 19.3. The molecule has 1 aromatic heterocycles. The molecular weight excluding hydrogens is 604 g/mol. The number of carbonyl (C=O) groups is 1. The number of alkyl halides is 3. The maximum Gasteiger partial charge on any atom is 0.434 e. The maximum absolute atomic E-state index is 14.3. The van der Waals surface area contributed by atoms with Crippen molar-refractivity contribution in [3.8, 4) is 11.5 Å². The molecule has 1 aliphatic heterocycles. The SMILES string of the molecule is CCOC(=O)C1=C(C(F)(F)F)N=c2s/c(=C\c3cc(Cl)c(OC(C)C)c(OCC)c3)c(=O)n2[C@@H]1c1ccc(Cl)cc1. The lowest BCUT2D eigenvalue weighted by Gasteiger charge is -2.26. The Labute approximate surface area is 247 Å². The summed E-state index contributed by atoms with van der Waals surface area (Å²) in [5.41, 5.74) is -2.21. The zero-order chi connectivity index (χ0) is 30.1. The molecule has 0 aliphatic carbocycles. The van der Waals surface area contributed by atoms with Gasteiger partial charge in [-0.25, -0.2) is 9.79 Å². The van der Waals surface area contributed by atoms with Crippen molar-refractivity contribution in [3.63, 3.8) is 0 Å². The van der Waals surface area contributed by atoms with Crippen LogP contribution in [0.3, 0.4) is 0 Å². The highest BCUT2D eigenvalue weighted by atomic mass is 35.5. The fraction of sp³-hybridized carbons (Fsp3) is 0.321. The normalized spacial score (nSPS) is 15.6. The zero-order valence-electron chi connectivity index (χ0n) is 22.3. The van der Waals surface area contributed by atoms with Gasteiger partial charge in [0.1, 0.15) is 0 Å². The Balaban J connectivity index is 1.99. The summed E-state index contributed by atoms with van der Waals surface area (Å²) >= 11 is 13.2. The lowest BCUT2D eigenvalue weighted by molar-refractivity contribution is -0.140. The lowest BCUT2D eigenvalue weighted by Crippen LogP contribution is -2.41. The number of ether oxygens (including phenoxy) is 3. The van der Waals surface area contributed by atoms with Gasteiger partial charge in [-0.15, -0.1) is 0 Å². The molecule has 0 fully saturated rings. The molecule has 1 atom stereocenters. The number of carbonyl (C=O) groups excluding carboxylic acids is 1. The van der Waals surface area contributed by atoms with E-state index in [2.05, 4.69) is 4.99 Å². The molecule has 2 aromatic carbocycles. The van der Waals surface area contributed by atoms with Crippen molar-refractivity contribution in [2.24, 2.45) is 4.99 Å². The van der Waals surface area contributed by atoms with E-state index >= 15 is 0 Å². The summed E-state index contributed by atoms with van der Waals surface area (Å²) in [6.45, 7) is 7.06. The van der Waals surface area contributed by atoms with Gasteiger partial charge in [0.05, 0.1) is 40.5 Å². The molecule has 41 heavy (non-hydrogen) atoms. The highest BCUT2D eigenvalue weighted by Gasteiger charge is 2.45. The fourth-order valence-corrected chi connectivity index (χ4v) is 5.63. The minimum absolute atomic E-state index is 0.0605. The quantitative estimate of drug-likeness (QED) is 0.293. The third-order valence-corrected chi connectivity index (χ3v) is 7.28. The highest BCUT2D eigenvalue weighted by molar-refractivity contribution is 7.07. The van der Waals surface area contributed by atoms with Gasteiger partial charge in [-0.1, -0.05) is 46.7 Å². The van der Waals surface area contributed by atoms with E-state index in [-0.39, 0.29) is 32.6 Å². The summed E-state index contributed by atoms with van der Waals surface area (Å²) in [5, 5.41) is 0.553. The predicted molar refractivity (Wildman–Crippen MR) is 151 cm³/mol. The minimum atomic E-state index is -5.01.